The highest BCUT2D eigenvalue weighted by Crippen LogP contribution is 1.99. The van der Waals surface area contributed by atoms with Gasteiger partial charge in [-0.25, -0.2) is 0 Å². The lowest BCUT2D eigenvalue weighted by atomic mass is 10.1. The Morgan fingerprint density at radius 2 is 1.89 bits per heavy atom. The maximum Gasteiger partial charge on any atom is 0.237 e. The Hall–Kier alpha value is -0.650. The fourth-order valence-corrected chi connectivity index (χ4v) is 1.82. The molecule has 0 aliphatic rings. The summed E-state index contributed by atoms with van der Waals surface area (Å²) in [5.41, 5.74) is 0. The van der Waals surface area contributed by atoms with Crippen molar-refractivity contribution < 1.29 is 14.6 Å². The molecule has 0 aromatic carbocycles. The zero-order valence-electron chi connectivity index (χ0n) is 12.0. The number of hydrogen-bond donors (Lipinski definition) is 3. The maximum absolute atomic E-state index is 11.9. The van der Waals surface area contributed by atoms with Crippen LogP contribution in [0.25, 0.3) is 0 Å². The fraction of sp³-hybridized carbons (Fsp3) is 0.923. The molecular weight excluding hydrogens is 232 g/mol. The minimum absolute atomic E-state index is 0.00227. The molecule has 0 radical (unpaired) electrons. The van der Waals surface area contributed by atoms with Crippen LogP contribution in [-0.2, 0) is 9.53 Å². The molecule has 0 saturated carbocycles. The van der Waals surface area contributed by atoms with Gasteiger partial charge < -0.3 is 20.5 Å². The summed E-state index contributed by atoms with van der Waals surface area (Å²) >= 11 is 0. The molecule has 0 fully saturated rings. The van der Waals surface area contributed by atoms with Crippen LogP contribution in [0.5, 0.6) is 0 Å². The molecule has 5 heteroatoms. The van der Waals surface area contributed by atoms with Gasteiger partial charge in [0.2, 0.25) is 5.91 Å². The van der Waals surface area contributed by atoms with Gasteiger partial charge in [-0.15, -0.1) is 0 Å². The Kier molecular flexibility index (Phi) is 9.92. The molecule has 0 heterocycles. The molecule has 0 bridgehead atoms. The second-order valence-corrected chi connectivity index (χ2v) is 4.57. The normalized spacial score (nSPS) is 14.6. The van der Waals surface area contributed by atoms with Crippen molar-refractivity contribution in [1.29, 1.82) is 0 Å². The predicted molar refractivity (Wildman–Crippen MR) is 72.5 cm³/mol. The second-order valence-electron chi connectivity index (χ2n) is 4.57. The van der Waals surface area contributed by atoms with E-state index in [1.165, 1.54) is 0 Å². The third-order valence-electron chi connectivity index (χ3n) is 3.06. The quantitative estimate of drug-likeness (QED) is 0.540. The fourth-order valence-electron chi connectivity index (χ4n) is 1.82. The van der Waals surface area contributed by atoms with Crippen molar-refractivity contribution in [3.8, 4) is 0 Å². The highest BCUT2D eigenvalue weighted by Gasteiger charge is 2.19. The number of aliphatic hydroxyl groups excluding tert-OH is 1. The van der Waals surface area contributed by atoms with E-state index in [0.717, 1.165) is 12.8 Å². The van der Waals surface area contributed by atoms with E-state index in [0.29, 0.717) is 13.0 Å². The number of rotatable bonds is 10. The van der Waals surface area contributed by atoms with Gasteiger partial charge in [0.05, 0.1) is 12.6 Å². The molecule has 1 amide bonds. The first-order valence-corrected chi connectivity index (χ1v) is 6.75. The van der Waals surface area contributed by atoms with Gasteiger partial charge in [0.1, 0.15) is 0 Å². The lowest BCUT2D eigenvalue weighted by molar-refractivity contribution is -0.123. The second kappa shape index (κ2) is 10.3. The largest absolute Gasteiger partial charge is 0.396 e. The number of methoxy groups -OCH3 is 1. The smallest absolute Gasteiger partial charge is 0.237 e. The van der Waals surface area contributed by atoms with Crippen LogP contribution in [-0.4, -0.2) is 49.5 Å². The van der Waals surface area contributed by atoms with E-state index in [-0.39, 0.29) is 30.6 Å². The maximum atomic E-state index is 11.9. The van der Waals surface area contributed by atoms with Crippen molar-refractivity contribution in [2.24, 2.45) is 0 Å². The first-order chi connectivity index (χ1) is 8.58. The van der Waals surface area contributed by atoms with Crippen molar-refractivity contribution in [2.75, 3.05) is 20.3 Å². The average Bonchev–Trinajstić information content (AvgIpc) is 2.36. The SMILES string of the molecule is CCC(CC)NC(=O)C(C)NC(CCO)COC. The van der Waals surface area contributed by atoms with Crippen molar-refractivity contribution in [3.05, 3.63) is 0 Å². The Labute approximate surface area is 110 Å². The molecule has 0 aliphatic heterocycles. The lowest BCUT2D eigenvalue weighted by Crippen LogP contribution is -2.50. The highest BCUT2D eigenvalue weighted by molar-refractivity contribution is 5.81. The van der Waals surface area contributed by atoms with Gasteiger partial charge >= 0.3 is 0 Å². The number of carbonyl (C=O) groups is 1. The van der Waals surface area contributed by atoms with Crippen LogP contribution in [0.4, 0.5) is 0 Å². The van der Waals surface area contributed by atoms with E-state index >= 15 is 0 Å². The first-order valence-electron chi connectivity index (χ1n) is 6.75. The Bertz CT molecular complexity index is 214. The molecule has 0 aromatic rings. The zero-order chi connectivity index (χ0) is 14.0. The van der Waals surface area contributed by atoms with E-state index in [1.807, 2.05) is 6.92 Å². The summed E-state index contributed by atoms with van der Waals surface area (Å²) in [5, 5.41) is 15.1. The van der Waals surface area contributed by atoms with Gasteiger partial charge in [-0.3, -0.25) is 4.79 Å². The Morgan fingerprint density at radius 1 is 1.28 bits per heavy atom. The van der Waals surface area contributed by atoms with Gasteiger partial charge in [-0.1, -0.05) is 13.8 Å². The number of aliphatic hydroxyl groups is 1. The summed E-state index contributed by atoms with van der Waals surface area (Å²) in [6.07, 6.45) is 2.46. The van der Waals surface area contributed by atoms with Gasteiger partial charge in [0, 0.05) is 25.8 Å². The van der Waals surface area contributed by atoms with Crippen molar-refractivity contribution >= 4 is 5.91 Å². The Morgan fingerprint density at radius 3 is 2.33 bits per heavy atom. The van der Waals surface area contributed by atoms with Crippen LogP contribution in [0.1, 0.15) is 40.0 Å². The van der Waals surface area contributed by atoms with E-state index in [2.05, 4.69) is 24.5 Å². The molecule has 108 valence electrons. The molecule has 0 aromatic heterocycles. The van der Waals surface area contributed by atoms with Crippen LogP contribution in [0, 0.1) is 0 Å². The van der Waals surface area contributed by atoms with E-state index in [4.69, 9.17) is 9.84 Å². The number of carbonyl (C=O) groups excluding carboxylic acids is 1. The zero-order valence-corrected chi connectivity index (χ0v) is 12.0. The van der Waals surface area contributed by atoms with Gasteiger partial charge in [-0.2, -0.15) is 0 Å². The molecule has 3 N–H and O–H groups in total. The average molecular weight is 260 g/mol. The van der Waals surface area contributed by atoms with Crippen LogP contribution in [0.2, 0.25) is 0 Å². The molecular formula is C13H28N2O3. The molecule has 18 heavy (non-hydrogen) atoms. The third kappa shape index (κ3) is 6.93. The topological polar surface area (TPSA) is 70.6 Å². The summed E-state index contributed by atoms with van der Waals surface area (Å²) in [6.45, 7) is 6.53. The molecule has 0 rings (SSSR count). The standard InChI is InChI=1S/C13H28N2O3/c1-5-11(6-2)15-13(17)10(3)14-12(7-8-16)9-18-4/h10-12,14,16H,5-9H2,1-4H3,(H,15,17). The van der Waals surface area contributed by atoms with E-state index in [9.17, 15) is 4.79 Å². The minimum atomic E-state index is -0.280. The molecule has 2 unspecified atom stereocenters. The first kappa shape index (κ1) is 17.4. The van der Waals surface area contributed by atoms with Gasteiger partial charge in [-0.05, 0) is 26.2 Å². The molecule has 0 saturated heterocycles. The predicted octanol–water partition coefficient (Wildman–Crippen LogP) is 0.667. The monoisotopic (exact) mass is 260 g/mol. The summed E-state index contributed by atoms with van der Waals surface area (Å²) < 4.78 is 5.06. The van der Waals surface area contributed by atoms with E-state index < -0.39 is 0 Å². The number of amides is 1. The summed E-state index contributed by atoms with van der Waals surface area (Å²) in [6, 6.07) is -0.0415. The van der Waals surface area contributed by atoms with Crippen LogP contribution < -0.4 is 10.6 Å². The number of hydrogen-bond acceptors (Lipinski definition) is 4. The molecule has 0 spiro atoms. The summed E-state index contributed by atoms with van der Waals surface area (Å²) in [7, 11) is 1.61. The number of nitrogens with one attached hydrogen (secondary N) is 2. The molecule has 2 atom stereocenters. The van der Waals surface area contributed by atoms with Crippen LogP contribution in [0.15, 0.2) is 0 Å². The highest BCUT2D eigenvalue weighted by atomic mass is 16.5. The van der Waals surface area contributed by atoms with Crippen LogP contribution >= 0.6 is 0 Å². The summed E-state index contributed by atoms with van der Waals surface area (Å²) in [5.74, 6) is 0.00254. The van der Waals surface area contributed by atoms with E-state index in [1.54, 1.807) is 7.11 Å². The Balaban J connectivity index is 4.18. The number of ether oxygens (including phenoxy) is 1. The van der Waals surface area contributed by atoms with Gasteiger partial charge in [0.25, 0.3) is 0 Å². The molecule has 0 aliphatic carbocycles. The lowest BCUT2D eigenvalue weighted by Gasteiger charge is -2.23. The summed E-state index contributed by atoms with van der Waals surface area (Å²) in [4.78, 5) is 11.9. The van der Waals surface area contributed by atoms with Crippen molar-refractivity contribution in [3.63, 3.8) is 0 Å². The third-order valence-corrected chi connectivity index (χ3v) is 3.06. The van der Waals surface area contributed by atoms with Crippen LogP contribution in [0.3, 0.4) is 0 Å². The van der Waals surface area contributed by atoms with Crippen molar-refractivity contribution in [1.82, 2.24) is 10.6 Å². The minimum Gasteiger partial charge on any atom is -0.396 e. The van der Waals surface area contributed by atoms with Gasteiger partial charge in [0.15, 0.2) is 0 Å². The van der Waals surface area contributed by atoms with Crippen molar-refractivity contribution in [2.45, 2.75) is 58.2 Å². The molecule has 5 nitrogen and oxygen atoms in total.